The number of imide groups is 1. The van der Waals surface area contributed by atoms with Gasteiger partial charge in [0.15, 0.2) is 0 Å². The van der Waals surface area contributed by atoms with Crippen LogP contribution < -0.4 is 10.6 Å². The summed E-state index contributed by atoms with van der Waals surface area (Å²) in [5.74, 6) is -1.55. The first-order valence-electron chi connectivity index (χ1n) is 7.44. The van der Waals surface area contributed by atoms with E-state index in [0.29, 0.717) is 12.2 Å². The molecule has 7 nitrogen and oxygen atoms in total. The van der Waals surface area contributed by atoms with E-state index in [0.717, 1.165) is 17.5 Å². The minimum atomic E-state index is -1.01. The molecule has 0 saturated heterocycles. The van der Waals surface area contributed by atoms with Crippen molar-refractivity contribution >= 4 is 23.6 Å². The highest BCUT2D eigenvalue weighted by atomic mass is 16.4. The Morgan fingerprint density at radius 3 is 2.43 bits per heavy atom. The summed E-state index contributed by atoms with van der Waals surface area (Å²) in [4.78, 5) is 35.9. The van der Waals surface area contributed by atoms with Crippen molar-refractivity contribution in [1.82, 2.24) is 10.2 Å². The molecule has 0 saturated carbocycles. The topological polar surface area (TPSA) is 98.7 Å². The van der Waals surface area contributed by atoms with Crippen molar-refractivity contribution in [2.45, 2.75) is 27.2 Å². The first-order chi connectivity index (χ1) is 10.8. The Morgan fingerprint density at radius 2 is 1.87 bits per heavy atom. The zero-order valence-corrected chi connectivity index (χ0v) is 13.7. The molecule has 0 aliphatic heterocycles. The van der Waals surface area contributed by atoms with Crippen LogP contribution in [0.25, 0.3) is 0 Å². The Morgan fingerprint density at radius 1 is 1.17 bits per heavy atom. The number of carboxylic acid groups (broad SMARTS) is 1. The molecule has 0 atom stereocenters. The molecule has 0 heterocycles. The smallest absolute Gasteiger partial charge is 0.325 e. The van der Waals surface area contributed by atoms with Crippen molar-refractivity contribution in [2.24, 2.45) is 0 Å². The number of aliphatic carboxylic acids is 1. The molecule has 0 radical (unpaired) electrons. The molecule has 0 aliphatic carbocycles. The highest BCUT2D eigenvalue weighted by Crippen LogP contribution is 2.15. The average molecular weight is 321 g/mol. The first-order valence-corrected chi connectivity index (χ1v) is 7.44. The third-order valence-electron chi connectivity index (χ3n) is 3.15. The van der Waals surface area contributed by atoms with Crippen LogP contribution in [-0.2, 0) is 9.59 Å². The number of rotatable bonds is 7. The minimum absolute atomic E-state index is 0.138. The van der Waals surface area contributed by atoms with Crippen molar-refractivity contribution in [2.75, 3.05) is 25.0 Å². The predicted octanol–water partition coefficient (Wildman–Crippen LogP) is 1.75. The number of urea groups is 1. The van der Waals surface area contributed by atoms with E-state index in [4.69, 9.17) is 5.11 Å². The molecule has 0 aromatic heterocycles. The maximum absolute atomic E-state index is 11.8. The first kappa shape index (κ1) is 18.6. The highest BCUT2D eigenvalue weighted by Gasteiger charge is 2.15. The molecule has 126 valence electrons. The van der Waals surface area contributed by atoms with Gasteiger partial charge >= 0.3 is 12.0 Å². The zero-order valence-electron chi connectivity index (χ0n) is 13.7. The van der Waals surface area contributed by atoms with Gasteiger partial charge in [-0.15, -0.1) is 0 Å². The number of nitrogens with zero attached hydrogens (tertiary/aromatic N) is 1. The van der Waals surface area contributed by atoms with E-state index in [1.54, 1.807) is 6.07 Å². The van der Waals surface area contributed by atoms with Gasteiger partial charge in [0.25, 0.3) is 0 Å². The van der Waals surface area contributed by atoms with Crippen LogP contribution in [0.15, 0.2) is 18.2 Å². The third-order valence-corrected chi connectivity index (χ3v) is 3.15. The number of anilines is 1. The van der Waals surface area contributed by atoms with Gasteiger partial charge < -0.3 is 10.4 Å². The summed E-state index contributed by atoms with van der Waals surface area (Å²) < 4.78 is 0. The molecule has 1 aromatic carbocycles. The van der Waals surface area contributed by atoms with Crippen LogP contribution in [0.3, 0.4) is 0 Å². The van der Waals surface area contributed by atoms with Gasteiger partial charge in [0, 0.05) is 5.69 Å². The summed E-state index contributed by atoms with van der Waals surface area (Å²) in [6.45, 7) is 5.80. The fourth-order valence-corrected chi connectivity index (χ4v) is 2.20. The summed E-state index contributed by atoms with van der Waals surface area (Å²) in [5.41, 5.74) is 2.59. The van der Waals surface area contributed by atoms with Crippen molar-refractivity contribution < 1.29 is 19.5 Å². The fourth-order valence-electron chi connectivity index (χ4n) is 2.20. The number of aryl methyl sites for hydroxylation is 2. The van der Waals surface area contributed by atoms with Crippen LogP contribution in [0.2, 0.25) is 0 Å². The standard InChI is InChI=1S/C16H23N3O4/c1-4-7-19(10-15(21)22)9-14(20)18-16(23)17-13-6-5-11(2)8-12(13)3/h5-6,8H,4,7,9-10H2,1-3H3,(H,21,22)(H2,17,18,20,23). The fraction of sp³-hybridized carbons (Fsp3) is 0.438. The van der Waals surface area contributed by atoms with Gasteiger partial charge in [0.1, 0.15) is 0 Å². The van der Waals surface area contributed by atoms with E-state index in [-0.39, 0.29) is 13.1 Å². The normalized spacial score (nSPS) is 10.4. The van der Waals surface area contributed by atoms with E-state index in [9.17, 15) is 14.4 Å². The molecular formula is C16H23N3O4. The molecule has 3 N–H and O–H groups in total. The Kier molecular flexibility index (Phi) is 7.21. The molecule has 0 bridgehead atoms. The van der Waals surface area contributed by atoms with Crippen molar-refractivity contribution in [1.29, 1.82) is 0 Å². The van der Waals surface area contributed by atoms with Crippen LogP contribution >= 0.6 is 0 Å². The Hall–Kier alpha value is -2.41. The van der Waals surface area contributed by atoms with Crippen LogP contribution in [0, 0.1) is 13.8 Å². The molecule has 1 aromatic rings. The van der Waals surface area contributed by atoms with Gasteiger partial charge in [0.05, 0.1) is 13.1 Å². The maximum Gasteiger partial charge on any atom is 0.325 e. The summed E-state index contributed by atoms with van der Waals surface area (Å²) >= 11 is 0. The van der Waals surface area contributed by atoms with Crippen LogP contribution in [0.4, 0.5) is 10.5 Å². The molecule has 0 aliphatic rings. The number of hydrogen-bond donors (Lipinski definition) is 3. The molecule has 1 rings (SSSR count). The van der Waals surface area contributed by atoms with Gasteiger partial charge in [-0.25, -0.2) is 4.79 Å². The number of carbonyl (C=O) groups is 3. The summed E-state index contributed by atoms with van der Waals surface area (Å²) in [7, 11) is 0. The molecular weight excluding hydrogens is 298 g/mol. The second-order valence-electron chi connectivity index (χ2n) is 5.43. The Bertz CT molecular complexity index is 587. The lowest BCUT2D eigenvalue weighted by molar-refractivity contribution is -0.138. The second-order valence-corrected chi connectivity index (χ2v) is 5.43. The van der Waals surface area contributed by atoms with Crippen molar-refractivity contribution in [3.63, 3.8) is 0 Å². The molecule has 0 spiro atoms. The average Bonchev–Trinajstić information content (AvgIpc) is 2.41. The second kappa shape index (κ2) is 8.89. The monoisotopic (exact) mass is 321 g/mol. The predicted molar refractivity (Wildman–Crippen MR) is 87.4 cm³/mol. The number of nitrogens with one attached hydrogen (secondary N) is 2. The molecule has 23 heavy (non-hydrogen) atoms. The summed E-state index contributed by atoms with van der Waals surface area (Å²) in [6, 6.07) is 4.92. The Balaban J connectivity index is 2.55. The SMILES string of the molecule is CCCN(CC(=O)O)CC(=O)NC(=O)Nc1ccc(C)cc1C. The van der Waals surface area contributed by atoms with E-state index < -0.39 is 17.9 Å². The quantitative estimate of drug-likeness (QED) is 0.710. The zero-order chi connectivity index (χ0) is 17.4. The molecule has 7 heteroatoms. The lowest BCUT2D eigenvalue weighted by atomic mass is 10.1. The van der Waals surface area contributed by atoms with E-state index in [2.05, 4.69) is 10.6 Å². The van der Waals surface area contributed by atoms with E-state index in [1.807, 2.05) is 32.9 Å². The lowest BCUT2D eigenvalue weighted by Gasteiger charge is -2.18. The number of carboxylic acids is 1. The number of amides is 3. The number of carbonyl (C=O) groups excluding carboxylic acids is 2. The van der Waals surface area contributed by atoms with Gasteiger partial charge in [-0.3, -0.25) is 19.8 Å². The van der Waals surface area contributed by atoms with E-state index >= 15 is 0 Å². The summed E-state index contributed by atoms with van der Waals surface area (Å²) in [6.07, 6.45) is 0.718. The van der Waals surface area contributed by atoms with Crippen molar-refractivity contribution in [3.8, 4) is 0 Å². The summed E-state index contributed by atoms with van der Waals surface area (Å²) in [5, 5.41) is 13.6. The molecule has 0 unspecified atom stereocenters. The molecule has 0 fully saturated rings. The van der Waals surface area contributed by atoms with Crippen LogP contribution in [-0.4, -0.2) is 47.5 Å². The van der Waals surface area contributed by atoms with Crippen molar-refractivity contribution in [3.05, 3.63) is 29.3 Å². The Labute approximate surface area is 135 Å². The van der Waals surface area contributed by atoms with Gasteiger partial charge in [0.2, 0.25) is 5.91 Å². The van der Waals surface area contributed by atoms with Gasteiger partial charge in [-0.05, 0) is 38.4 Å². The highest BCUT2D eigenvalue weighted by molar-refractivity contribution is 6.02. The third kappa shape index (κ3) is 6.92. The molecule has 3 amide bonds. The van der Waals surface area contributed by atoms with E-state index in [1.165, 1.54) is 4.90 Å². The number of hydrogen-bond acceptors (Lipinski definition) is 4. The largest absolute Gasteiger partial charge is 0.480 e. The van der Waals surface area contributed by atoms with Crippen LogP contribution in [0.5, 0.6) is 0 Å². The lowest BCUT2D eigenvalue weighted by Crippen LogP contribution is -2.43. The number of benzene rings is 1. The van der Waals surface area contributed by atoms with Gasteiger partial charge in [-0.1, -0.05) is 24.6 Å². The maximum atomic E-state index is 11.8. The van der Waals surface area contributed by atoms with Crippen LogP contribution in [0.1, 0.15) is 24.5 Å². The van der Waals surface area contributed by atoms with Gasteiger partial charge in [-0.2, -0.15) is 0 Å². The minimum Gasteiger partial charge on any atom is -0.480 e.